The quantitative estimate of drug-likeness (QED) is 0.272. The van der Waals surface area contributed by atoms with Crippen molar-refractivity contribution in [3.63, 3.8) is 0 Å². The molecule has 0 bridgehead atoms. The number of allylic oxidation sites excluding steroid dienone is 2. The molecule has 1 unspecified atom stereocenters. The number of Topliss-reactive ketones (excluding diaryl/α,β-unsaturated/α-hetero) is 1. The molecule has 3 aliphatic carbocycles. The Morgan fingerprint density at radius 1 is 0.977 bits per heavy atom. The van der Waals surface area contributed by atoms with Crippen molar-refractivity contribution in [2.75, 3.05) is 23.3 Å². The molecule has 2 saturated carbocycles. The summed E-state index contributed by atoms with van der Waals surface area (Å²) in [6, 6.07) is 5.61. The summed E-state index contributed by atoms with van der Waals surface area (Å²) >= 11 is 0. The molecule has 2 amide bonds. The Hall–Kier alpha value is -3.42. The van der Waals surface area contributed by atoms with Crippen LogP contribution in [0, 0.1) is 17.3 Å². The first-order valence-electron chi connectivity index (χ1n) is 16.9. The van der Waals surface area contributed by atoms with Gasteiger partial charge in [-0.25, -0.2) is 5.01 Å². The lowest BCUT2D eigenvalue weighted by molar-refractivity contribution is -0.131. The van der Waals surface area contributed by atoms with Crippen LogP contribution in [-0.2, 0) is 14.4 Å². The van der Waals surface area contributed by atoms with Crippen LogP contribution < -0.4 is 10.2 Å². The maximum absolute atomic E-state index is 14.1. The Balaban J connectivity index is 1.52. The van der Waals surface area contributed by atoms with Gasteiger partial charge in [-0.3, -0.25) is 14.4 Å². The summed E-state index contributed by atoms with van der Waals surface area (Å²) < 4.78 is 0. The second-order valence-corrected chi connectivity index (χ2v) is 13.7. The number of aliphatic hydroxyl groups excluding tert-OH is 1. The highest BCUT2D eigenvalue weighted by molar-refractivity contribution is 6.44. The predicted molar refractivity (Wildman–Crippen MR) is 177 cm³/mol. The van der Waals surface area contributed by atoms with Crippen LogP contribution in [0.25, 0.3) is 5.57 Å². The minimum absolute atomic E-state index is 0.0375. The SMILES string of the molecule is CCN(CC)c1ccc(C2=C(O)C(=C3C(=O)N(C(C4CCCCC4)C4CCCC4)N=C3C)C2=O)c(NC(=O)C(C)(C)CC)c1. The molecule has 0 aromatic heterocycles. The zero-order valence-electron chi connectivity index (χ0n) is 27.5. The first-order valence-corrected chi connectivity index (χ1v) is 16.9. The van der Waals surface area contributed by atoms with Gasteiger partial charge in [0, 0.05) is 29.8 Å². The van der Waals surface area contributed by atoms with Gasteiger partial charge in [-0.1, -0.05) is 52.9 Å². The standard InChI is InChI=1S/C36H50N4O4/c1-7-36(5,6)35(44)37-27-21-25(39(8-2)9-3)19-20-26(27)29-32(41)30(33(29)42)28-22(4)38-40(34(28)43)31(24-17-13-14-18-24)23-15-11-10-12-16-23/h19-21,23-24,31,41H,7-18H2,1-6H3,(H,37,44). The van der Waals surface area contributed by atoms with E-state index in [9.17, 15) is 19.5 Å². The van der Waals surface area contributed by atoms with E-state index in [0.29, 0.717) is 35.2 Å². The zero-order valence-corrected chi connectivity index (χ0v) is 27.5. The summed E-state index contributed by atoms with van der Waals surface area (Å²) in [6.07, 6.45) is 11.0. The normalized spacial score (nSPS) is 22.4. The molecule has 2 fully saturated rings. The summed E-state index contributed by atoms with van der Waals surface area (Å²) in [5.41, 5.74) is 2.10. The second kappa shape index (κ2) is 12.9. The Morgan fingerprint density at radius 3 is 2.11 bits per heavy atom. The van der Waals surface area contributed by atoms with E-state index in [2.05, 4.69) is 24.1 Å². The molecule has 8 heteroatoms. The number of carbonyl (C=O) groups is 3. The number of nitrogens with zero attached hydrogens (tertiary/aromatic N) is 3. The number of anilines is 2. The Labute approximate surface area is 262 Å². The van der Waals surface area contributed by atoms with Gasteiger partial charge in [0.2, 0.25) is 11.7 Å². The van der Waals surface area contributed by atoms with Gasteiger partial charge in [-0.05, 0) is 82.9 Å². The number of aliphatic hydroxyl groups is 1. The monoisotopic (exact) mass is 602 g/mol. The van der Waals surface area contributed by atoms with Crippen LogP contribution >= 0.6 is 0 Å². The van der Waals surface area contributed by atoms with Gasteiger partial charge in [0.15, 0.2) is 0 Å². The number of hydrogen-bond acceptors (Lipinski definition) is 6. The van der Waals surface area contributed by atoms with Crippen LogP contribution in [0.4, 0.5) is 11.4 Å². The molecule has 1 aliphatic heterocycles. The molecule has 4 aliphatic rings. The number of nitrogens with one attached hydrogen (secondary N) is 1. The molecule has 0 radical (unpaired) electrons. The number of hydrazone groups is 1. The van der Waals surface area contributed by atoms with E-state index < -0.39 is 11.2 Å². The van der Waals surface area contributed by atoms with E-state index in [0.717, 1.165) is 44.5 Å². The molecule has 0 spiro atoms. The molecule has 44 heavy (non-hydrogen) atoms. The first-order chi connectivity index (χ1) is 21.0. The average molecular weight is 603 g/mol. The van der Waals surface area contributed by atoms with E-state index in [1.54, 1.807) is 18.0 Å². The number of benzene rings is 1. The fraction of sp³-hybridized carbons (Fsp3) is 0.611. The third kappa shape index (κ3) is 5.72. The van der Waals surface area contributed by atoms with Crippen LogP contribution in [0.3, 0.4) is 0 Å². The molecule has 238 valence electrons. The smallest absolute Gasteiger partial charge is 0.277 e. The van der Waals surface area contributed by atoms with E-state index in [1.165, 1.54) is 32.1 Å². The molecule has 1 heterocycles. The summed E-state index contributed by atoms with van der Waals surface area (Å²) in [4.78, 5) is 43.4. The predicted octanol–water partition coefficient (Wildman–Crippen LogP) is 7.41. The summed E-state index contributed by atoms with van der Waals surface area (Å²) in [6.45, 7) is 13.2. The van der Waals surface area contributed by atoms with Gasteiger partial charge in [0.25, 0.3) is 5.91 Å². The first kappa shape index (κ1) is 32.0. The molecule has 1 aromatic rings. The summed E-state index contributed by atoms with van der Waals surface area (Å²) in [7, 11) is 0. The Bertz CT molecular complexity index is 1400. The van der Waals surface area contributed by atoms with E-state index in [4.69, 9.17) is 5.10 Å². The zero-order chi connectivity index (χ0) is 31.8. The van der Waals surface area contributed by atoms with E-state index in [-0.39, 0.29) is 40.3 Å². The average Bonchev–Trinajstić information content (AvgIpc) is 3.64. The molecule has 1 atom stereocenters. The number of hydrogen-bond donors (Lipinski definition) is 2. The van der Waals surface area contributed by atoms with E-state index in [1.807, 2.05) is 32.9 Å². The molecular weight excluding hydrogens is 552 g/mol. The Morgan fingerprint density at radius 2 is 1.57 bits per heavy atom. The third-order valence-electron chi connectivity index (χ3n) is 10.7. The summed E-state index contributed by atoms with van der Waals surface area (Å²) in [5, 5.41) is 21.0. The largest absolute Gasteiger partial charge is 0.506 e. The van der Waals surface area contributed by atoms with Crippen LogP contribution in [0.15, 0.2) is 40.2 Å². The van der Waals surface area contributed by atoms with Crippen molar-refractivity contribution in [1.29, 1.82) is 0 Å². The van der Waals surface area contributed by atoms with Gasteiger partial charge in [0.05, 0.1) is 34.2 Å². The van der Waals surface area contributed by atoms with Crippen LogP contribution in [0.1, 0.15) is 111 Å². The van der Waals surface area contributed by atoms with Crippen LogP contribution in [0.5, 0.6) is 0 Å². The van der Waals surface area contributed by atoms with Crippen molar-refractivity contribution in [3.8, 4) is 0 Å². The van der Waals surface area contributed by atoms with Crippen molar-refractivity contribution in [3.05, 3.63) is 40.7 Å². The van der Waals surface area contributed by atoms with Gasteiger partial charge in [-0.15, -0.1) is 0 Å². The van der Waals surface area contributed by atoms with Crippen molar-refractivity contribution in [2.24, 2.45) is 22.4 Å². The second-order valence-electron chi connectivity index (χ2n) is 13.7. The molecule has 1 aromatic carbocycles. The maximum Gasteiger partial charge on any atom is 0.277 e. The van der Waals surface area contributed by atoms with Gasteiger partial charge >= 0.3 is 0 Å². The molecule has 2 N–H and O–H groups in total. The van der Waals surface area contributed by atoms with Crippen molar-refractivity contribution >= 4 is 40.3 Å². The van der Waals surface area contributed by atoms with Crippen LogP contribution in [0.2, 0.25) is 0 Å². The minimum atomic E-state index is -0.614. The fourth-order valence-electron chi connectivity index (χ4n) is 7.55. The molecule has 8 nitrogen and oxygen atoms in total. The highest BCUT2D eigenvalue weighted by Gasteiger charge is 2.47. The van der Waals surface area contributed by atoms with Crippen molar-refractivity contribution in [1.82, 2.24) is 5.01 Å². The number of amides is 2. The maximum atomic E-state index is 14.1. The Kier molecular flexibility index (Phi) is 9.38. The minimum Gasteiger partial charge on any atom is -0.506 e. The number of carbonyl (C=O) groups excluding carboxylic acids is 3. The lowest BCUT2D eigenvalue weighted by atomic mass is 9.77. The van der Waals surface area contributed by atoms with Gasteiger partial charge in [0.1, 0.15) is 5.76 Å². The fourth-order valence-corrected chi connectivity index (χ4v) is 7.55. The van der Waals surface area contributed by atoms with Crippen molar-refractivity contribution < 1.29 is 19.5 Å². The van der Waals surface area contributed by atoms with Crippen LogP contribution in [-0.4, -0.2) is 52.6 Å². The van der Waals surface area contributed by atoms with Gasteiger partial charge < -0.3 is 15.3 Å². The molecule has 5 rings (SSSR count). The number of rotatable bonds is 10. The molecule has 0 saturated heterocycles. The lowest BCUT2D eigenvalue weighted by Gasteiger charge is -2.38. The lowest BCUT2D eigenvalue weighted by Crippen LogP contribution is -2.45. The highest BCUT2D eigenvalue weighted by Crippen LogP contribution is 2.45. The molecular formula is C36H50N4O4. The number of ketones is 1. The summed E-state index contributed by atoms with van der Waals surface area (Å²) in [5.74, 6) is -0.189. The van der Waals surface area contributed by atoms with Gasteiger partial charge in [-0.2, -0.15) is 5.10 Å². The van der Waals surface area contributed by atoms with E-state index >= 15 is 0 Å². The highest BCUT2D eigenvalue weighted by atomic mass is 16.3. The topological polar surface area (TPSA) is 102 Å². The third-order valence-corrected chi connectivity index (χ3v) is 10.7. The van der Waals surface area contributed by atoms with Crippen molar-refractivity contribution in [2.45, 2.75) is 112 Å².